The van der Waals surface area contributed by atoms with E-state index in [1.165, 1.54) is 0 Å². The fraction of sp³-hybridized carbons (Fsp3) is 0.667. The van der Waals surface area contributed by atoms with E-state index in [2.05, 4.69) is 58.9 Å². The number of nitrogens with zero attached hydrogens (tertiary/aromatic N) is 2. The van der Waals surface area contributed by atoms with Crippen molar-refractivity contribution < 1.29 is 0 Å². The summed E-state index contributed by atoms with van der Waals surface area (Å²) in [5, 5.41) is 3.43. The number of aryl methyl sites for hydroxylation is 1. The van der Waals surface area contributed by atoms with Crippen LogP contribution in [0, 0.1) is 0 Å². The van der Waals surface area contributed by atoms with Gasteiger partial charge in [0.15, 0.2) is 0 Å². The van der Waals surface area contributed by atoms with Gasteiger partial charge >= 0.3 is 0 Å². The van der Waals surface area contributed by atoms with Crippen molar-refractivity contribution in [3.05, 3.63) is 16.5 Å². The summed E-state index contributed by atoms with van der Waals surface area (Å²) in [6, 6.07) is 1.93. The summed E-state index contributed by atoms with van der Waals surface area (Å²) in [5.41, 5.74) is 0.0667. The second-order valence-electron chi connectivity index (χ2n) is 4.60. The number of hydrogen-bond donors (Lipinski definition) is 1. The highest BCUT2D eigenvalue weighted by molar-refractivity contribution is 9.10. The van der Waals surface area contributed by atoms with E-state index in [0.717, 1.165) is 35.5 Å². The highest BCUT2D eigenvalue weighted by atomic mass is 79.9. The van der Waals surface area contributed by atoms with E-state index in [4.69, 9.17) is 0 Å². The topological polar surface area (TPSA) is 37.8 Å². The lowest BCUT2D eigenvalue weighted by molar-refractivity contribution is 0.544. The van der Waals surface area contributed by atoms with Crippen LogP contribution in [0.2, 0.25) is 0 Å². The van der Waals surface area contributed by atoms with Crippen LogP contribution in [-0.2, 0) is 6.42 Å². The Bertz CT molecular complexity index is 350. The van der Waals surface area contributed by atoms with Crippen molar-refractivity contribution in [2.24, 2.45) is 0 Å². The third-order valence-electron chi connectivity index (χ3n) is 2.57. The van der Waals surface area contributed by atoms with Crippen LogP contribution in [0.4, 0.5) is 5.82 Å². The quantitative estimate of drug-likeness (QED) is 0.837. The lowest BCUT2D eigenvalue weighted by atomic mass is 10.0. The minimum Gasteiger partial charge on any atom is -0.365 e. The summed E-state index contributed by atoms with van der Waals surface area (Å²) in [5.74, 6) is 1.79. The van der Waals surface area contributed by atoms with Crippen LogP contribution in [0.15, 0.2) is 10.7 Å². The molecule has 0 saturated carbocycles. The largest absolute Gasteiger partial charge is 0.365 e. The average Bonchev–Trinajstić information content (AvgIpc) is 2.16. The molecule has 90 valence electrons. The lowest BCUT2D eigenvalue weighted by Crippen LogP contribution is -2.30. The van der Waals surface area contributed by atoms with Crippen LogP contribution in [-0.4, -0.2) is 15.5 Å². The standard InChI is InChI=1S/C12H20BrN3/c1-5-7-10-14-9(13)8-11(15-10)16-12(3,4)6-2/h8H,5-7H2,1-4H3,(H,14,15,16). The lowest BCUT2D eigenvalue weighted by Gasteiger charge is -2.25. The Morgan fingerprint density at radius 3 is 2.56 bits per heavy atom. The molecule has 1 N–H and O–H groups in total. The molecule has 0 amide bonds. The molecule has 3 nitrogen and oxygen atoms in total. The van der Waals surface area contributed by atoms with Gasteiger partial charge in [0, 0.05) is 18.0 Å². The summed E-state index contributed by atoms with van der Waals surface area (Å²) >= 11 is 3.42. The highest BCUT2D eigenvalue weighted by Gasteiger charge is 2.15. The van der Waals surface area contributed by atoms with Crippen molar-refractivity contribution in [1.82, 2.24) is 9.97 Å². The molecule has 0 bridgehead atoms. The summed E-state index contributed by atoms with van der Waals surface area (Å²) in [6.45, 7) is 8.63. The minimum absolute atomic E-state index is 0.0667. The molecule has 4 heteroatoms. The smallest absolute Gasteiger partial charge is 0.132 e. The van der Waals surface area contributed by atoms with E-state index in [0.29, 0.717) is 0 Å². The van der Waals surface area contributed by atoms with Gasteiger partial charge < -0.3 is 5.32 Å². The van der Waals surface area contributed by atoms with Crippen LogP contribution in [0.5, 0.6) is 0 Å². The molecule has 0 radical (unpaired) electrons. The maximum absolute atomic E-state index is 4.50. The van der Waals surface area contributed by atoms with Crippen molar-refractivity contribution >= 4 is 21.7 Å². The highest BCUT2D eigenvalue weighted by Crippen LogP contribution is 2.19. The molecule has 0 spiro atoms. The molecule has 0 aliphatic rings. The molecule has 0 fully saturated rings. The molecule has 1 rings (SSSR count). The van der Waals surface area contributed by atoms with E-state index in [9.17, 15) is 0 Å². The summed E-state index contributed by atoms with van der Waals surface area (Å²) < 4.78 is 0.848. The first-order chi connectivity index (χ1) is 7.46. The maximum atomic E-state index is 4.50. The SMILES string of the molecule is CCCc1nc(Br)cc(NC(C)(C)CC)n1. The molecule has 0 atom stereocenters. The third kappa shape index (κ3) is 4.08. The summed E-state index contributed by atoms with van der Waals surface area (Å²) in [4.78, 5) is 8.85. The predicted molar refractivity (Wildman–Crippen MR) is 71.7 cm³/mol. The predicted octanol–water partition coefficient (Wildman–Crippen LogP) is 3.79. The van der Waals surface area contributed by atoms with E-state index >= 15 is 0 Å². The Morgan fingerprint density at radius 2 is 2.00 bits per heavy atom. The first-order valence-corrected chi connectivity index (χ1v) is 6.58. The number of anilines is 1. The van der Waals surface area contributed by atoms with Crippen molar-refractivity contribution in [1.29, 1.82) is 0 Å². The van der Waals surface area contributed by atoms with E-state index in [-0.39, 0.29) is 5.54 Å². The minimum atomic E-state index is 0.0667. The molecular formula is C12H20BrN3. The molecule has 16 heavy (non-hydrogen) atoms. The Balaban J connectivity index is 2.87. The van der Waals surface area contributed by atoms with Gasteiger partial charge in [0.1, 0.15) is 16.2 Å². The summed E-state index contributed by atoms with van der Waals surface area (Å²) in [6.07, 6.45) is 3.03. The summed E-state index contributed by atoms with van der Waals surface area (Å²) in [7, 11) is 0. The van der Waals surface area contributed by atoms with Gasteiger partial charge in [0.25, 0.3) is 0 Å². The number of halogens is 1. The molecule has 0 saturated heterocycles. The van der Waals surface area contributed by atoms with E-state index in [1.54, 1.807) is 0 Å². The molecule has 1 aromatic rings. The van der Waals surface area contributed by atoms with Gasteiger partial charge in [-0.05, 0) is 42.6 Å². The van der Waals surface area contributed by atoms with Crippen LogP contribution in [0.25, 0.3) is 0 Å². The molecule has 1 aromatic heterocycles. The van der Waals surface area contributed by atoms with E-state index < -0.39 is 0 Å². The Labute approximate surface area is 106 Å². The van der Waals surface area contributed by atoms with E-state index in [1.807, 2.05) is 6.07 Å². The molecule has 0 unspecified atom stereocenters. The maximum Gasteiger partial charge on any atom is 0.132 e. The monoisotopic (exact) mass is 285 g/mol. The van der Waals surface area contributed by atoms with Gasteiger partial charge in [-0.1, -0.05) is 13.8 Å². The number of hydrogen-bond acceptors (Lipinski definition) is 3. The Hall–Kier alpha value is -0.640. The van der Waals surface area contributed by atoms with Gasteiger partial charge in [-0.2, -0.15) is 0 Å². The molecule has 0 aliphatic carbocycles. The first kappa shape index (κ1) is 13.4. The second-order valence-corrected chi connectivity index (χ2v) is 5.42. The van der Waals surface area contributed by atoms with Crippen LogP contribution in [0.3, 0.4) is 0 Å². The molecule has 1 heterocycles. The normalized spacial score (nSPS) is 11.6. The van der Waals surface area contributed by atoms with Gasteiger partial charge in [-0.15, -0.1) is 0 Å². The molecule has 0 aliphatic heterocycles. The van der Waals surface area contributed by atoms with Crippen molar-refractivity contribution in [2.75, 3.05) is 5.32 Å². The molecular weight excluding hydrogens is 266 g/mol. The van der Waals surface area contributed by atoms with Gasteiger partial charge in [-0.25, -0.2) is 9.97 Å². The fourth-order valence-corrected chi connectivity index (χ4v) is 1.72. The number of aromatic nitrogens is 2. The van der Waals surface area contributed by atoms with Crippen LogP contribution < -0.4 is 5.32 Å². The van der Waals surface area contributed by atoms with Gasteiger partial charge in [0.2, 0.25) is 0 Å². The molecule has 0 aromatic carbocycles. The van der Waals surface area contributed by atoms with Crippen molar-refractivity contribution in [3.63, 3.8) is 0 Å². The van der Waals surface area contributed by atoms with Crippen molar-refractivity contribution in [2.45, 2.75) is 52.5 Å². The fourth-order valence-electron chi connectivity index (χ4n) is 1.30. The zero-order chi connectivity index (χ0) is 12.2. The van der Waals surface area contributed by atoms with Crippen molar-refractivity contribution in [3.8, 4) is 0 Å². The van der Waals surface area contributed by atoms with Crippen LogP contribution >= 0.6 is 15.9 Å². The Kier molecular flexibility index (Phi) is 4.71. The number of nitrogens with one attached hydrogen (secondary N) is 1. The first-order valence-electron chi connectivity index (χ1n) is 5.78. The number of rotatable bonds is 5. The van der Waals surface area contributed by atoms with Gasteiger partial charge in [-0.3, -0.25) is 0 Å². The zero-order valence-corrected chi connectivity index (χ0v) is 12.1. The van der Waals surface area contributed by atoms with Crippen LogP contribution in [0.1, 0.15) is 46.4 Å². The van der Waals surface area contributed by atoms with Gasteiger partial charge in [0.05, 0.1) is 0 Å². The average molecular weight is 286 g/mol. The second kappa shape index (κ2) is 5.62. The Morgan fingerprint density at radius 1 is 1.31 bits per heavy atom. The zero-order valence-electron chi connectivity index (χ0n) is 10.5. The third-order valence-corrected chi connectivity index (χ3v) is 2.97.